The molecule has 1 rings (SSSR count). The molecule has 2 N–H and O–H groups in total. The van der Waals surface area contributed by atoms with Crippen molar-refractivity contribution in [1.82, 2.24) is 10.6 Å². The molecule has 0 saturated carbocycles. The molecular formula is C15H25ClIN3O2. The van der Waals surface area contributed by atoms with Gasteiger partial charge < -0.3 is 20.1 Å². The monoisotopic (exact) mass is 441 g/mol. The Hall–Kier alpha value is -0.730. The van der Waals surface area contributed by atoms with Gasteiger partial charge in [-0.1, -0.05) is 11.6 Å². The molecule has 0 saturated heterocycles. The van der Waals surface area contributed by atoms with Gasteiger partial charge in [0.15, 0.2) is 5.96 Å². The number of hydrogen-bond donors (Lipinski definition) is 2. The van der Waals surface area contributed by atoms with Crippen LogP contribution in [-0.2, 0) is 4.74 Å². The molecule has 0 fully saturated rings. The summed E-state index contributed by atoms with van der Waals surface area (Å²) in [6.07, 6.45) is 0.0108. The Kier molecular flexibility index (Phi) is 12.4. The summed E-state index contributed by atoms with van der Waals surface area (Å²) in [4.78, 5) is 4.14. The first-order valence-electron chi connectivity index (χ1n) is 7.10. The summed E-state index contributed by atoms with van der Waals surface area (Å²) in [6.45, 7) is 6.72. The second-order valence-electron chi connectivity index (χ2n) is 4.46. The van der Waals surface area contributed by atoms with Crippen molar-refractivity contribution in [3.8, 4) is 5.75 Å². The van der Waals surface area contributed by atoms with Gasteiger partial charge in [-0.3, -0.25) is 4.99 Å². The molecule has 0 aliphatic heterocycles. The fourth-order valence-corrected chi connectivity index (χ4v) is 1.76. The highest BCUT2D eigenvalue weighted by Gasteiger charge is 2.05. The van der Waals surface area contributed by atoms with Gasteiger partial charge in [0.25, 0.3) is 0 Å². The maximum atomic E-state index is 5.84. The Morgan fingerprint density at radius 1 is 1.27 bits per heavy atom. The minimum absolute atomic E-state index is 0. The molecule has 5 nitrogen and oxygen atoms in total. The lowest BCUT2D eigenvalue weighted by Gasteiger charge is -2.17. The summed E-state index contributed by atoms with van der Waals surface area (Å²) in [6, 6.07) is 7.33. The van der Waals surface area contributed by atoms with Gasteiger partial charge in [0.05, 0.1) is 13.2 Å². The molecule has 0 aliphatic carbocycles. The van der Waals surface area contributed by atoms with Gasteiger partial charge in [0.2, 0.25) is 0 Å². The van der Waals surface area contributed by atoms with E-state index >= 15 is 0 Å². The van der Waals surface area contributed by atoms with Crippen LogP contribution in [0.4, 0.5) is 0 Å². The van der Waals surface area contributed by atoms with E-state index in [0.29, 0.717) is 18.2 Å². The number of hydrogen-bond acceptors (Lipinski definition) is 3. The number of guanidine groups is 1. The molecule has 0 radical (unpaired) electrons. The largest absolute Gasteiger partial charge is 0.489 e. The predicted molar refractivity (Wildman–Crippen MR) is 103 cm³/mol. The van der Waals surface area contributed by atoms with E-state index in [1.165, 1.54) is 0 Å². The van der Waals surface area contributed by atoms with E-state index in [1.54, 1.807) is 7.05 Å². The SMILES string of the molecule is CCOCCNC(=NC)NCC(C)Oc1ccc(Cl)cc1.I. The van der Waals surface area contributed by atoms with E-state index in [0.717, 1.165) is 24.9 Å². The summed E-state index contributed by atoms with van der Waals surface area (Å²) in [7, 11) is 1.74. The van der Waals surface area contributed by atoms with Gasteiger partial charge in [-0.25, -0.2) is 0 Å². The van der Waals surface area contributed by atoms with Crippen molar-refractivity contribution < 1.29 is 9.47 Å². The molecule has 0 aromatic heterocycles. The van der Waals surface area contributed by atoms with Gasteiger partial charge in [-0.15, -0.1) is 24.0 Å². The lowest BCUT2D eigenvalue weighted by atomic mass is 10.3. The molecule has 0 bridgehead atoms. The maximum absolute atomic E-state index is 5.84. The highest BCUT2D eigenvalue weighted by atomic mass is 127. The van der Waals surface area contributed by atoms with Crippen molar-refractivity contribution in [1.29, 1.82) is 0 Å². The van der Waals surface area contributed by atoms with E-state index in [4.69, 9.17) is 21.1 Å². The average molecular weight is 442 g/mol. The second kappa shape index (κ2) is 12.8. The third-order valence-corrected chi connectivity index (χ3v) is 2.93. The highest BCUT2D eigenvalue weighted by molar-refractivity contribution is 14.0. The number of nitrogens with zero attached hydrogens (tertiary/aromatic N) is 1. The zero-order valence-electron chi connectivity index (χ0n) is 13.3. The van der Waals surface area contributed by atoms with E-state index in [2.05, 4.69) is 15.6 Å². The smallest absolute Gasteiger partial charge is 0.191 e. The highest BCUT2D eigenvalue weighted by Crippen LogP contribution is 2.16. The zero-order chi connectivity index (χ0) is 15.5. The molecule has 126 valence electrons. The molecule has 0 aliphatic rings. The van der Waals surface area contributed by atoms with Crippen molar-refractivity contribution in [2.45, 2.75) is 20.0 Å². The van der Waals surface area contributed by atoms with Crippen LogP contribution in [0.2, 0.25) is 5.02 Å². The third kappa shape index (κ3) is 9.32. The maximum Gasteiger partial charge on any atom is 0.191 e. The topological polar surface area (TPSA) is 54.9 Å². The quantitative estimate of drug-likeness (QED) is 0.282. The molecule has 1 atom stereocenters. The van der Waals surface area contributed by atoms with Crippen LogP contribution in [0.3, 0.4) is 0 Å². The van der Waals surface area contributed by atoms with Crippen molar-refractivity contribution >= 4 is 41.5 Å². The minimum Gasteiger partial charge on any atom is -0.489 e. The molecule has 0 heterocycles. The number of nitrogens with one attached hydrogen (secondary N) is 2. The Labute approximate surface area is 154 Å². The summed E-state index contributed by atoms with van der Waals surface area (Å²) >= 11 is 5.84. The van der Waals surface area contributed by atoms with Gasteiger partial charge in [0, 0.05) is 25.2 Å². The molecular weight excluding hydrogens is 417 g/mol. The molecule has 0 spiro atoms. The van der Waals surface area contributed by atoms with Gasteiger partial charge in [0.1, 0.15) is 11.9 Å². The van der Waals surface area contributed by atoms with Crippen LogP contribution in [0.25, 0.3) is 0 Å². The molecule has 0 amide bonds. The fourth-order valence-electron chi connectivity index (χ4n) is 1.63. The summed E-state index contributed by atoms with van der Waals surface area (Å²) < 4.78 is 11.0. The lowest BCUT2D eigenvalue weighted by molar-refractivity contribution is 0.152. The Bertz CT molecular complexity index is 429. The Balaban J connectivity index is 0.00000441. The van der Waals surface area contributed by atoms with E-state index in [1.807, 2.05) is 38.1 Å². The van der Waals surface area contributed by atoms with Crippen LogP contribution in [0.15, 0.2) is 29.3 Å². The van der Waals surface area contributed by atoms with Gasteiger partial charge in [-0.2, -0.15) is 0 Å². The van der Waals surface area contributed by atoms with Crippen molar-refractivity contribution in [3.63, 3.8) is 0 Å². The van der Waals surface area contributed by atoms with Crippen LogP contribution in [0, 0.1) is 0 Å². The second-order valence-corrected chi connectivity index (χ2v) is 4.90. The number of aliphatic imine (C=N–C) groups is 1. The minimum atomic E-state index is 0. The first-order valence-corrected chi connectivity index (χ1v) is 7.48. The number of halogens is 2. The normalized spacial score (nSPS) is 12.3. The van der Waals surface area contributed by atoms with E-state index < -0.39 is 0 Å². The summed E-state index contributed by atoms with van der Waals surface area (Å²) in [5.41, 5.74) is 0. The standard InChI is InChI=1S/C15H24ClN3O2.HI/c1-4-20-10-9-18-15(17-3)19-11-12(2)21-14-7-5-13(16)6-8-14;/h5-8,12H,4,9-11H2,1-3H3,(H2,17,18,19);1H. The van der Waals surface area contributed by atoms with Crippen LogP contribution >= 0.6 is 35.6 Å². The predicted octanol–water partition coefficient (Wildman–Crippen LogP) is 2.93. The molecule has 7 heteroatoms. The average Bonchev–Trinajstić information content (AvgIpc) is 2.49. The van der Waals surface area contributed by atoms with E-state index in [9.17, 15) is 0 Å². The Morgan fingerprint density at radius 2 is 1.95 bits per heavy atom. The van der Waals surface area contributed by atoms with Crippen molar-refractivity contribution in [3.05, 3.63) is 29.3 Å². The van der Waals surface area contributed by atoms with Crippen LogP contribution in [0.1, 0.15) is 13.8 Å². The first kappa shape index (κ1) is 21.3. The van der Waals surface area contributed by atoms with Gasteiger partial charge >= 0.3 is 0 Å². The third-order valence-electron chi connectivity index (χ3n) is 2.67. The summed E-state index contributed by atoms with van der Waals surface area (Å²) in [5.74, 6) is 1.54. The number of ether oxygens (including phenoxy) is 2. The van der Waals surface area contributed by atoms with E-state index in [-0.39, 0.29) is 30.1 Å². The first-order chi connectivity index (χ1) is 10.2. The fraction of sp³-hybridized carbons (Fsp3) is 0.533. The number of benzene rings is 1. The Morgan fingerprint density at radius 3 is 2.55 bits per heavy atom. The van der Waals surface area contributed by atoms with Crippen LogP contribution in [-0.4, -0.2) is 45.4 Å². The zero-order valence-corrected chi connectivity index (χ0v) is 16.4. The van der Waals surface area contributed by atoms with Crippen molar-refractivity contribution in [2.24, 2.45) is 4.99 Å². The van der Waals surface area contributed by atoms with Crippen molar-refractivity contribution in [2.75, 3.05) is 33.4 Å². The van der Waals surface area contributed by atoms with Crippen LogP contribution < -0.4 is 15.4 Å². The summed E-state index contributed by atoms with van der Waals surface area (Å²) in [5, 5.41) is 7.08. The van der Waals surface area contributed by atoms with Gasteiger partial charge in [-0.05, 0) is 38.1 Å². The van der Waals surface area contributed by atoms with Crippen LogP contribution in [0.5, 0.6) is 5.75 Å². The lowest BCUT2D eigenvalue weighted by Crippen LogP contribution is -2.42. The molecule has 1 unspecified atom stereocenters. The molecule has 1 aromatic rings. The molecule has 22 heavy (non-hydrogen) atoms. The molecule has 1 aromatic carbocycles. The number of rotatable bonds is 8.